The lowest BCUT2D eigenvalue weighted by molar-refractivity contribution is 0.211. The van der Waals surface area contributed by atoms with Gasteiger partial charge >= 0.3 is 6.09 Å². The van der Waals surface area contributed by atoms with Gasteiger partial charge in [0.15, 0.2) is 0 Å². The number of primary amides is 1. The molecular weight excluding hydrogens is 385 g/mol. The monoisotopic (exact) mass is 397 g/mol. The molecule has 0 radical (unpaired) electrons. The summed E-state index contributed by atoms with van der Waals surface area (Å²) in [6, 6.07) is 16.4. The van der Waals surface area contributed by atoms with Gasteiger partial charge in [0, 0.05) is 17.7 Å². The standard InChI is InChI=1S/C20H13ClFN3O3/c21-15-7-5-13(9-16(15)22)27-12-3-1-11(2-4-12)19-24-17-8-6-14(28-20(23)26)10-18(17)25-19/h1-10H,(H2,23,26)(H,24,25). The highest BCUT2D eigenvalue weighted by atomic mass is 35.5. The van der Waals surface area contributed by atoms with Gasteiger partial charge in [0.2, 0.25) is 0 Å². The molecule has 0 aliphatic carbocycles. The Morgan fingerprint density at radius 1 is 1.00 bits per heavy atom. The number of amides is 1. The van der Waals surface area contributed by atoms with E-state index in [9.17, 15) is 9.18 Å². The summed E-state index contributed by atoms with van der Waals surface area (Å²) in [5, 5.41) is 0.0389. The molecule has 6 nitrogen and oxygen atoms in total. The molecule has 8 heteroatoms. The number of hydrogen-bond acceptors (Lipinski definition) is 4. The maximum absolute atomic E-state index is 13.5. The van der Waals surface area contributed by atoms with E-state index in [-0.39, 0.29) is 5.02 Å². The predicted molar refractivity (Wildman–Crippen MR) is 103 cm³/mol. The summed E-state index contributed by atoms with van der Waals surface area (Å²) >= 11 is 5.67. The van der Waals surface area contributed by atoms with Crippen LogP contribution >= 0.6 is 11.6 Å². The molecule has 0 saturated heterocycles. The fourth-order valence-electron chi connectivity index (χ4n) is 2.66. The Bertz CT molecular complexity index is 1180. The number of carbonyl (C=O) groups is 1. The molecule has 1 heterocycles. The lowest BCUT2D eigenvalue weighted by Gasteiger charge is -2.06. The van der Waals surface area contributed by atoms with Crippen LogP contribution in [0.25, 0.3) is 22.4 Å². The minimum Gasteiger partial charge on any atom is -0.457 e. The molecule has 0 fully saturated rings. The summed E-state index contributed by atoms with van der Waals surface area (Å²) in [4.78, 5) is 18.5. The molecule has 28 heavy (non-hydrogen) atoms. The zero-order valence-electron chi connectivity index (χ0n) is 14.3. The number of nitrogens with one attached hydrogen (secondary N) is 1. The predicted octanol–water partition coefficient (Wildman–Crippen LogP) is 5.27. The van der Waals surface area contributed by atoms with Crippen molar-refractivity contribution in [3.05, 3.63) is 71.5 Å². The molecule has 0 unspecified atom stereocenters. The van der Waals surface area contributed by atoms with Crippen LogP contribution in [0.2, 0.25) is 5.02 Å². The van der Waals surface area contributed by atoms with Crippen LogP contribution in [-0.2, 0) is 0 Å². The number of rotatable bonds is 4. The minimum atomic E-state index is -0.883. The number of aromatic amines is 1. The van der Waals surface area contributed by atoms with E-state index in [1.54, 1.807) is 36.4 Å². The van der Waals surface area contributed by atoms with Gasteiger partial charge in [0.05, 0.1) is 16.1 Å². The van der Waals surface area contributed by atoms with Gasteiger partial charge in [-0.05, 0) is 48.5 Å². The Hall–Kier alpha value is -3.58. The van der Waals surface area contributed by atoms with E-state index < -0.39 is 11.9 Å². The van der Waals surface area contributed by atoms with Crippen LogP contribution in [0.3, 0.4) is 0 Å². The summed E-state index contributed by atoms with van der Waals surface area (Å²) in [5.74, 6) is 1.30. The highest BCUT2D eigenvalue weighted by molar-refractivity contribution is 6.30. The van der Waals surface area contributed by atoms with Gasteiger partial charge in [-0.1, -0.05) is 11.6 Å². The van der Waals surface area contributed by atoms with Gasteiger partial charge in [0.25, 0.3) is 0 Å². The Kier molecular flexibility index (Phi) is 4.58. The normalized spacial score (nSPS) is 10.8. The summed E-state index contributed by atoms with van der Waals surface area (Å²) in [6.07, 6.45) is -0.883. The lowest BCUT2D eigenvalue weighted by atomic mass is 10.2. The number of H-pyrrole nitrogens is 1. The topological polar surface area (TPSA) is 90.2 Å². The number of imidazole rings is 1. The zero-order valence-corrected chi connectivity index (χ0v) is 15.0. The van der Waals surface area contributed by atoms with Crippen molar-refractivity contribution in [1.29, 1.82) is 0 Å². The summed E-state index contributed by atoms with van der Waals surface area (Å²) < 4.78 is 24.0. The molecule has 4 rings (SSSR count). The fraction of sp³-hybridized carbons (Fsp3) is 0. The smallest absolute Gasteiger partial charge is 0.409 e. The van der Waals surface area contributed by atoms with Gasteiger partial charge in [0.1, 0.15) is 28.9 Å². The second-order valence-electron chi connectivity index (χ2n) is 5.89. The van der Waals surface area contributed by atoms with Crippen molar-refractivity contribution in [2.45, 2.75) is 0 Å². The number of nitrogens with zero attached hydrogens (tertiary/aromatic N) is 1. The maximum atomic E-state index is 13.5. The van der Waals surface area contributed by atoms with Crippen molar-refractivity contribution in [1.82, 2.24) is 9.97 Å². The van der Waals surface area contributed by atoms with Crippen LogP contribution in [-0.4, -0.2) is 16.1 Å². The lowest BCUT2D eigenvalue weighted by Crippen LogP contribution is -2.16. The number of hydrogen-bond donors (Lipinski definition) is 2. The van der Waals surface area contributed by atoms with Gasteiger partial charge in [-0.15, -0.1) is 0 Å². The molecule has 4 aromatic rings. The van der Waals surface area contributed by atoms with Gasteiger partial charge in [-0.25, -0.2) is 14.2 Å². The van der Waals surface area contributed by atoms with E-state index in [2.05, 4.69) is 9.97 Å². The number of nitrogens with two attached hydrogens (primary N) is 1. The van der Waals surface area contributed by atoms with E-state index in [0.29, 0.717) is 28.6 Å². The first-order valence-corrected chi connectivity index (χ1v) is 8.56. The Morgan fingerprint density at radius 2 is 1.71 bits per heavy atom. The minimum absolute atomic E-state index is 0.0389. The van der Waals surface area contributed by atoms with E-state index in [0.717, 1.165) is 11.1 Å². The van der Waals surface area contributed by atoms with Crippen LogP contribution < -0.4 is 15.2 Å². The molecule has 140 valence electrons. The van der Waals surface area contributed by atoms with Crippen molar-refractivity contribution in [2.24, 2.45) is 5.73 Å². The van der Waals surface area contributed by atoms with Crippen LogP contribution in [0.1, 0.15) is 0 Å². The Labute approximate surface area is 163 Å². The molecule has 3 N–H and O–H groups in total. The highest BCUT2D eigenvalue weighted by Crippen LogP contribution is 2.28. The largest absolute Gasteiger partial charge is 0.457 e. The molecule has 0 saturated carbocycles. The molecule has 0 bridgehead atoms. The van der Waals surface area contributed by atoms with E-state index in [4.69, 9.17) is 26.8 Å². The first-order chi connectivity index (χ1) is 13.5. The number of halogens is 2. The summed E-state index contributed by atoms with van der Waals surface area (Å²) in [7, 11) is 0. The van der Waals surface area contributed by atoms with Crippen LogP contribution in [0.5, 0.6) is 17.2 Å². The first kappa shape index (κ1) is 17.8. The third kappa shape index (κ3) is 3.74. The number of carbonyl (C=O) groups excluding carboxylic acids is 1. The molecule has 0 spiro atoms. The fourth-order valence-corrected chi connectivity index (χ4v) is 2.78. The molecule has 0 aliphatic rings. The first-order valence-electron chi connectivity index (χ1n) is 8.18. The second-order valence-corrected chi connectivity index (χ2v) is 6.30. The molecule has 3 aromatic carbocycles. The summed E-state index contributed by atoms with van der Waals surface area (Å²) in [5.41, 5.74) is 7.26. The Balaban J connectivity index is 1.56. The average molecular weight is 398 g/mol. The molecular formula is C20H13ClFN3O3. The van der Waals surface area contributed by atoms with Crippen LogP contribution in [0, 0.1) is 5.82 Å². The summed E-state index contributed by atoms with van der Waals surface area (Å²) in [6.45, 7) is 0. The van der Waals surface area contributed by atoms with Crippen LogP contribution in [0.4, 0.5) is 9.18 Å². The number of aromatic nitrogens is 2. The van der Waals surface area contributed by atoms with E-state index >= 15 is 0 Å². The number of fused-ring (bicyclic) bond motifs is 1. The quantitative estimate of drug-likeness (QED) is 0.490. The second kappa shape index (κ2) is 7.21. The van der Waals surface area contributed by atoms with Gasteiger partial charge in [-0.2, -0.15) is 0 Å². The zero-order chi connectivity index (χ0) is 19.7. The molecule has 1 aromatic heterocycles. The van der Waals surface area contributed by atoms with Crippen molar-refractivity contribution in [3.63, 3.8) is 0 Å². The van der Waals surface area contributed by atoms with Crippen molar-refractivity contribution in [2.75, 3.05) is 0 Å². The number of ether oxygens (including phenoxy) is 2. The molecule has 0 aliphatic heterocycles. The average Bonchev–Trinajstić information content (AvgIpc) is 3.08. The maximum Gasteiger partial charge on any atom is 0.409 e. The molecule has 0 atom stereocenters. The van der Waals surface area contributed by atoms with Gasteiger partial charge < -0.3 is 20.2 Å². The van der Waals surface area contributed by atoms with Gasteiger partial charge in [-0.3, -0.25) is 0 Å². The third-order valence-corrected chi connectivity index (χ3v) is 4.23. The van der Waals surface area contributed by atoms with Crippen LogP contribution in [0.15, 0.2) is 60.7 Å². The Morgan fingerprint density at radius 3 is 2.43 bits per heavy atom. The number of benzene rings is 3. The SMILES string of the molecule is NC(=O)Oc1ccc2[nH]c(-c3ccc(Oc4ccc(Cl)c(F)c4)cc3)nc2c1. The van der Waals surface area contributed by atoms with Crippen molar-refractivity contribution in [3.8, 4) is 28.6 Å². The van der Waals surface area contributed by atoms with Crippen molar-refractivity contribution < 1.29 is 18.7 Å². The highest BCUT2D eigenvalue weighted by Gasteiger charge is 2.09. The molecule has 1 amide bonds. The van der Waals surface area contributed by atoms with Crippen molar-refractivity contribution >= 4 is 28.7 Å². The van der Waals surface area contributed by atoms with E-state index in [1.807, 2.05) is 12.1 Å². The third-order valence-electron chi connectivity index (χ3n) is 3.93. The van der Waals surface area contributed by atoms with E-state index in [1.165, 1.54) is 12.1 Å².